The molecule has 1 aromatic rings. The third-order valence-electron chi connectivity index (χ3n) is 7.29. The van der Waals surface area contributed by atoms with Gasteiger partial charge in [0.25, 0.3) is 5.91 Å². The monoisotopic (exact) mass is 456 g/mol. The summed E-state index contributed by atoms with van der Waals surface area (Å²) < 4.78 is 0. The number of piperazine rings is 1. The van der Waals surface area contributed by atoms with Gasteiger partial charge in [-0.15, -0.1) is 0 Å². The molecule has 4 amide bonds. The van der Waals surface area contributed by atoms with E-state index in [2.05, 4.69) is 10.6 Å². The Morgan fingerprint density at radius 3 is 2.42 bits per heavy atom. The average Bonchev–Trinajstić information content (AvgIpc) is 2.82. The molecule has 7 heteroatoms. The molecule has 1 heterocycles. The molecule has 1 saturated heterocycles. The fraction of sp³-hybridized carbons (Fsp3) is 0.654. The van der Waals surface area contributed by atoms with Crippen molar-refractivity contribution in [3.05, 3.63) is 35.4 Å². The van der Waals surface area contributed by atoms with Crippen LogP contribution in [0, 0.1) is 12.8 Å². The van der Waals surface area contributed by atoms with E-state index in [1.165, 1.54) is 19.3 Å². The van der Waals surface area contributed by atoms with Gasteiger partial charge in [-0.1, -0.05) is 57.7 Å². The molecule has 2 fully saturated rings. The van der Waals surface area contributed by atoms with Crippen molar-refractivity contribution in [2.45, 2.75) is 84.3 Å². The third kappa shape index (κ3) is 6.27. The molecule has 1 aliphatic heterocycles. The fourth-order valence-corrected chi connectivity index (χ4v) is 4.89. The van der Waals surface area contributed by atoms with E-state index in [1.54, 1.807) is 6.07 Å². The van der Waals surface area contributed by atoms with E-state index in [1.807, 2.05) is 55.7 Å². The van der Waals surface area contributed by atoms with Gasteiger partial charge in [-0.25, -0.2) is 4.79 Å². The van der Waals surface area contributed by atoms with Gasteiger partial charge < -0.3 is 20.4 Å². The number of amides is 4. The van der Waals surface area contributed by atoms with Crippen LogP contribution in [0.4, 0.5) is 4.79 Å². The first-order chi connectivity index (χ1) is 15.8. The van der Waals surface area contributed by atoms with E-state index in [-0.39, 0.29) is 35.8 Å². The number of benzene rings is 1. The Morgan fingerprint density at radius 1 is 1.09 bits per heavy atom. The molecule has 2 N–H and O–H groups in total. The molecule has 3 rings (SSSR count). The van der Waals surface area contributed by atoms with Gasteiger partial charge in [0, 0.05) is 37.3 Å². The Hall–Kier alpha value is -2.57. The average molecular weight is 457 g/mol. The molecule has 182 valence electrons. The summed E-state index contributed by atoms with van der Waals surface area (Å²) in [7, 11) is 0. The molecule has 33 heavy (non-hydrogen) atoms. The molecule has 1 aliphatic carbocycles. The van der Waals surface area contributed by atoms with Gasteiger partial charge >= 0.3 is 6.03 Å². The summed E-state index contributed by atoms with van der Waals surface area (Å²) in [5.74, 6) is -0.274. The Bertz CT molecular complexity index is 837. The minimum Gasteiger partial charge on any atom is -0.340 e. The van der Waals surface area contributed by atoms with Crippen molar-refractivity contribution < 1.29 is 14.4 Å². The standard InChI is InChI=1S/C26H40N4O3/c1-5-18(2)23(28-24(31)22-14-10-9-11-19(22)3)25(32)29-15-16-30(20(4)17-29)26(33)27-21-12-7-6-8-13-21/h9-11,14,18,20-21,23H,5-8,12-13,15-17H2,1-4H3,(H,27,33)(H,28,31). The Labute approximate surface area is 198 Å². The zero-order chi connectivity index (χ0) is 24.0. The lowest BCUT2D eigenvalue weighted by atomic mass is 9.95. The molecular formula is C26H40N4O3. The first-order valence-electron chi connectivity index (χ1n) is 12.5. The van der Waals surface area contributed by atoms with Crippen LogP contribution in [0.2, 0.25) is 0 Å². The highest BCUT2D eigenvalue weighted by molar-refractivity contribution is 5.98. The molecule has 0 bridgehead atoms. The lowest BCUT2D eigenvalue weighted by Crippen LogP contribution is -2.61. The van der Waals surface area contributed by atoms with E-state index in [0.29, 0.717) is 25.2 Å². The summed E-state index contributed by atoms with van der Waals surface area (Å²) in [5.41, 5.74) is 1.48. The second kappa shape index (κ2) is 11.5. The van der Waals surface area contributed by atoms with Gasteiger partial charge in [-0.2, -0.15) is 0 Å². The quantitative estimate of drug-likeness (QED) is 0.685. The van der Waals surface area contributed by atoms with Crippen LogP contribution in [0.5, 0.6) is 0 Å². The molecule has 1 aromatic carbocycles. The first kappa shape index (κ1) is 25.1. The van der Waals surface area contributed by atoms with Crippen molar-refractivity contribution in [2.24, 2.45) is 5.92 Å². The van der Waals surface area contributed by atoms with Crippen LogP contribution in [0.15, 0.2) is 24.3 Å². The number of aryl methyl sites for hydroxylation is 1. The fourth-order valence-electron chi connectivity index (χ4n) is 4.89. The number of nitrogens with one attached hydrogen (secondary N) is 2. The highest BCUT2D eigenvalue weighted by Gasteiger charge is 2.36. The predicted molar refractivity (Wildman–Crippen MR) is 130 cm³/mol. The Kier molecular flexibility index (Phi) is 8.75. The van der Waals surface area contributed by atoms with Crippen molar-refractivity contribution in [1.29, 1.82) is 0 Å². The van der Waals surface area contributed by atoms with Crippen molar-refractivity contribution in [3.63, 3.8) is 0 Å². The smallest absolute Gasteiger partial charge is 0.317 e. The largest absolute Gasteiger partial charge is 0.340 e. The minimum atomic E-state index is -0.586. The van der Waals surface area contributed by atoms with Gasteiger partial charge in [-0.05, 0) is 44.2 Å². The number of urea groups is 1. The van der Waals surface area contributed by atoms with Gasteiger partial charge in [0.05, 0.1) is 0 Å². The van der Waals surface area contributed by atoms with Crippen LogP contribution in [0.25, 0.3) is 0 Å². The summed E-state index contributed by atoms with van der Waals surface area (Å²) in [6.45, 7) is 9.38. The van der Waals surface area contributed by atoms with Crippen LogP contribution in [0.1, 0.15) is 75.2 Å². The van der Waals surface area contributed by atoms with Crippen LogP contribution >= 0.6 is 0 Å². The molecule has 3 unspecified atom stereocenters. The topological polar surface area (TPSA) is 81.8 Å². The molecule has 0 spiro atoms. The van der Waals surface area contributed by atoms with Gasteiger partial charge in [0.15, 0.2) is 0 Å². The second-order valence-electron chi connectivity index (χ2n) is 9.76. The summed E-state index contributed by atoms with van der Waals surface area (Å²) in [6.07, 6.45) is 6.48. The van der Waals surface area contributed by atoms with Crippen LogP contribution in [0.3, 0.4) is 0 Å². The number of carbonyl (C=O) groups excluding carboxylic acids is 3. The molecule has 0 aromatic heterocycles. The molecule has 2 aliphatic rings. The van der Waals surface area contributed by atoms with Crippen LogP contribution in [-0.4, -0.2) is 65.4 Å². The van der Waals surface area contributed by atoms with E-state index >= 15 is 0 Å². The van der Waals surface area contributed by atoms with Gasteiger partial charge in [0.1, 0.15) is 6.04 Å². The maximum atomic E-state index is 13.5. The number of rotatable bonds is 6. The summed E-state index contributed by atoms with van der Waals surface area (Å²) in [5, 5.41) is 6.19. The normalized spacial score (nSPS) is 21.3. The number of carbonyl (C=O) groups is 3. The summed E-state index contributed by atoms with van der Waals surface area (Å²) >= 11 is 0. The minimum absolute atomic E-state index is 0.00778. The Morgan fingerprint density at radius 2 is 1.79 bits per heavy atom. The van der Waals surface area contributed by atoms with E-state index in [0.717, 1.165) is 24.8 Å². The lowest BCUT2D eigenvalue weighted by molar-refractivity contribution is -0.136. The van der Waals surface area contributed by atoms with Crippen molar-refractivity contribution in [3.8, 4) is 0 Å². The molecule has 1 saturated carbocycles. The number of nitrogens with zero attached hydrogens (tertiary/aromatic N) is 2. The maximum Gasteiger partial charge on any atom is 0.317 e. The Balaban J connectivity index is 1.62. The van der Waals surface area contributed by atoms with Crippen molar-refractivity contribution in [2.75, 3.05) is 19.6 Å². The van der Waals surface area contributed by atoms with Crippen molar-refractivity contribution in [1.82, 2.24) is 20.4 Å². The first-order valence-corrected chi connectivity index (χ1v) is 12.5. The molecular weight excluding hydrogens is 416 g/mol. The van der Waals surface area contributed by atoms with Crippen LogP contribution in [-0.2, 0) is 4.79 Å². The van der Waals surface area contributed by atoms with Gasteiger partial charge in [0.2, 0.25) is 5.91 Å². The van der Waals surface area contributed by atoms with Crippen LogP contribution < -0.4 is 10.6 Å². The zero-order valence-electron chi connectivity index (χ0n) is 20.6. The summed E-state index contributed by atoms with van der Waals surface area (Å²) in [6, 6.07) is 7.00. The molecule has 0 radical (unpaired) electrons. The molecule has 3 atom stereocenters. The summed E-state index contributed by atoms with van der Waals surface area (Å²) in [4.78, 5) is 42.9. The number of hydrogen-bond acceptors (Lipinski definition) is 3. The van der Waals surface area contributed by atoms with Gasteiger partial charge in [-0.3, -0.25) is 9.59 Å². The highest BCUT2D eigenvalue weighted by Crippen LogP contribution is 2.20. The highest BCUT2D eigenvalue weighted by atomic mass is 16.2. The van der Waals surface area contributed by atoms with E-state index < -0.39 is 6.04 Å². The lowest BCUT2D eigenvalue weighted by Gasteiger charge is -2.42. The van der Waals surface area contributed by atoms with E-state index in [4.69, 9.17) is 0 Å². The van der Waals surface area contributed by atoms with E-state index in [9.17, 15) is 14.4 Å². The maximum absolute atomic E-state index is 13.5. The third-order valence-corrected chi connectivity index (χ3v) is 7.29. The second-order valence-corrected chi connectivity index (χ2v) is 9.76. The SMILES string of the molecule is CCC(C)C(NC(=O)c1ccccc1C)C(=O)N1CCN(C(=O)NC2CCCCC2)C(C)C1. The zero-order valence-corrected chi connectivity index (χ0v) is 20.6. The predicted octanol–water partition coefficient (Wildman–Crippen LogP) is 3.71. The number of hydrogen-bond donors (Lipinski definition) is 2. The van der Waals surface area contributed by atoms with Crippen molar-refractivity contribution >= 4 is 17.8 Å². The molecule has 7 nitrogen and oxygen atoms in total.